The molecule has 4 rings (SSSR count). The largest absolute Gasteiger partial charge is 0.477 e. The third-order valence-corrected chi connectivity index (χ3v) is 5.81. The standard InChI is InChI=1S/C18H18N2O2S/c21-18(22)14-10-13-17(23-14)15(11-6-2-1-3-7-11)16(20-13)12-8-4-5-9-19-12/h4-5,8-11,20H,1-3,6-7H2,(H,21,22). The van der Waals surface area contributed by atoms with Crippen molar-refractivity contribution in [2.75, 3.05) is 0 Å². The van der Waals surface area contributed by atoms with E-state index in [1.54, 1.807) is 12.3 Å². The summed E-state index contributed by atoms with van der Waals surface area (Å²) in [6, 6.07) is 7.67. The molecule has 0 amide bonds. The molecule has 0 saturated heterocycles. The van der Waals surface area contributed by atoms with E-state index in [0.717, 1.165) is 21.6 Å². The van der Waals surface area contributed by atoms with Crippen LogP contribution in [0.25, 0.3) is 21.6 Å². The zero-order chi connectivity index (χ0) is 15.8. The number of aromatic carboxylic acids is 1. The maximum atomic E-state index is 11.3. The van der Waals surface area contributed by atoms with Gasteiger partial charge in [-0.2, -0.15) is 0 Å². The number of fused-ring (bicyclic) bond motifs is 1. The van der Waals surface area contributed by atoms with Crippen molar-refractivity contribution in [1.29, 1.82) is 0 Å². The second-order valence-corrected chi connectivity index (χ2v) is 7.17. The summed E-state index contributed by atoms with van der Waals surface area (Å²) in [5.41, 5.74) is 4.20. The summed E-state index contributed by atoms with van der Waals surface area (Å²) in [4.78, 5) is 19.6. The molecule has 0 unspecified atom stereocenters. The minimum Gasteiger partial charge on any atom is -0.477 e. The van der Waals surface area contributed by atoms with Crippen LogP contribution in [0.2, 0.25) is 0 Å². The molecule has 1 aliphatic carbocycles. The Morgan fingerprint density at radius 1 is 1.26 bits per heavy atom. The Balaban J connectivity index is 1.91. The highest BCUT2D eigenvalue weighted by molar-refractivity contribution is 7.21. The lowest BCUT2D eigenvalue weighted by molar-refractivity contribution is 0.0702. The number of rotatable bonds is 3. The lowest BCUT2D eigenvalue weighted by atomic mass is 9.83. The van der Waals surface area contributed by atoms with Crippen molar-refractivity contribution in [3.8, 4) is 11.4 Å². The van der Waals surface area contributed by atoms with E-state index in [2.05, 4.69) is 9.97 Å². The number of carbonyl (C=O) groups is 1. The van der Waals surface area contributed by atoms with Crippen LogP contribution in [0.4, 0.5) is 0 Å². The van der Waals surface area contributed by atoms with Crippen LogP contribution in [-0.2, 0) is 0 Å². The smallest absolute Gasteiger partial charge is 0.345 e. The third-order valence-electron chi connectivity index (χ3n) is 4.65. The molecule has 1 aliphatic rings. The van der Waals surface area contributed by atoms with E-state index in [9.17, 15) is 9.90 Å². The number of carboxylic acid groups (broad SMARTS) is 1. The Morgan fingerprint density at radius 2 is 2.09 bits per heavy atom. The van der Waals surface area contributed by atoms with E-state index in [1.807, 2.05) is 18.2 Å². The number of thiophene rings is 1. The summed E-state index contributed by atoms with van der Waals surface area (Å²) < 4.78 is 1.09. The van der Waals surface area contributed by atoms with Crippen molar-refractivity contribution in [2.45, 2.75) is 38.0 Å². The second kappa shape index (κ2) is 5.81. The van der Waals surface area contributed by atoms with Crippen molar-refractivity contribution < 1.29 is 9.90 Å². The molecule has 0 radical (unpaired) electrons. The van der Waals surface area contributed by atoms with Gasteiger partial charge >= 0.3 is 5.97 Å². The molecule has 3 aromatic rings. The van der Waals surface area contributed by atoms with Gasteiger partial charge in [0.05, 0.1) is 21.6 Å². The fourth-order valence-corrected chi connectivity index (χ4v) is 4.68. The van der Waals surface area contributed by atoms with Crippen LogP contribution in [0, 0.1) is 0 Å². The van der Waals surface area contributed by atoms with E-state index in [0.29, 0.717) is 10.8 Å². The van der Waals surface area contributed by atoms with Crippen LogP contribution >= 0.6 is 11.3 Å². The van der Waals surface area contributed by atoms with Gasteiger partial charge < -0.3 is 10.1 Å². The number of hydrogen-bond donors (Lipinski definition) is 2. The normalized spacial score (nSPS) is 16.0. The van der Waals surface area contributed by atoms with Crippen LogP contribution in [-0.4, -0.2) is 21.0 Å². The summed E-state index contributed by atoms with van der Waals surface area (Å²) in [7, 11) is 0. The predicted molar refractivity (Wildman–Crippen MR) is 92.2 cm³/mol. The summed E-state index contributed by atoms with van der Waals surface area (Å²) in [6.45, 7) is 0. The van der Waals surface area contributed by atoms with Gasteiger partial charge in [-0.05, 0) is 37.0 Å². The second-order valence-electron chi connectivity index (χ2n) is 6.12. The Bertz CT molecular complexity index is 845. The molecule has 0 aromatic carbocycles. The zero-order valence-electron chi connectivity index (χ0n) is 12.7. The van der Waals surface area contributed by atoms with Crippen molar-refractivity contribution in [3.05, 3.63) is 40.9 Å². The molecule has 23 heavy (non-hydrogen) atoms. The number of hydrogen-bond acceptors (Lipinski definition) is 3. The third kappa shape index (κ3) is 2.55. The molecular weight excluding hydrogens is 308 g/mol. The quantitative estimate of drug-likeness (QED) is 0.709. The van der Waals surface area contributed by atoms with Crippen molar-refractivity contribution in [3.63, 3.8) is 0 Å². The molecule has 118 valence electrons. The number of pyridine rings is 1. The summed E-state index contributed by atoms with van der Waals surface area (Å²) in [5.74, 6) is -0.358. The van der Waals surface area contributed by atoms with Crippen molar-refractivity contribution in [1.82, 2.24) is 9.97 Å². The molecule has 5 heteroatoms. The summed E-state index contributed by atoms with van der Waals surface area (Å²) in [5, 5.41) is 9.28. The number of aromatic nitrogens is 2. The Labute approximate surface area is 138 Å². The van der Waals surface area contributed by atoms with Crippen LogP contribution in [0.5, 0.6) is 0 Å². The van der Waals surface area contributed by atoms with Crippen molar-refractivity contribution in [2.24, 2.45) is 0 Å². The van der Waals surface area contributed by atoms with Gasteiger partial charge in [0.2, 0.25) is 0 Å². The molecule has 1 fully saturated rings. The molecule has 3 heterocycles. The van der Waals surface area contributed by atoms with Gasteiger partial charge in [-0.15, -0.1) is 11.3 Å². The first-order valence-corrected chi connectivity index (χ1v) is 8.86. The van der Waals surface area contributed by atoms with Gasteiger partial charge in [-0.3, -0.25) is 4.98 Å². The molecule has 0 bridgehead atoms. The first-order chi connectivity index (χ1) is 11.2. The highest BCUT2D eigenvalue weighted by atomic mass is 32.1. The number of carboxylic acids is 1. The Kier molecular flexibility index (Phi) is 3.65. The molecule has 2 N–H and O–H groups in total. The van der Waals surface area contributed by atoms with E-state index in [1.165, 1.54) is 49.0 Å². The molecular formula is C18H18N2O2S. The lowest BCUT2D eigenvalue weighted by Crippen LogP contribution is -2.05. The average Bonchev–Trinajstić information content (AvgIpc) is 3.14. The fraction of sp³-hybridized carbons (Fsp3) is 0.333. The summed E-state index contributed by atoms with van der Waals surface area (Å²) in [6.07, 6.45) is 7.94. The van der Waals surface area contributed by atoms with Crippen LogP contribution in [0.15, 0.2) is 30.5 Å². The molecule has 0 atom stereocenters. The molecule has 3 aromatic heterocycles. The summed E-state index contributed by atoms with van der Waals surface area (Å²) >= 11 is 1.38. The lowest BCUT2D eigenvalue weighted by Gasteiger charge is -2.22. The van der Waals surface area contributed by atoms with E-state index >= 15 is 0 Å². The van der Waals surface area contributed by atoms with Gasteiger partial charge in [-0.25, -0.2) is 4.79 Å². The zero-order valence-corrected chi connectivity index (χ0v) is 13.5. The molecule has 4 nitrogen and oxygen atoms in total. The van der Waals surface area contributed by atoms with Gasteiger partial charge in [0.15, 0.2) is 0 Å². The molecule has 0 spiro atoms. The van der Waals surface area contributed by atoms with E-state index < -0.39 is 5.97 Å². The Morgan fingerprint density at radius 3 is 2.78 bits per heavy atom. The maximum absolute atomic E-state index is 11.3. The van der Waals surface area contributed by atoms with Gasteiger partial charge in [0.1, 0.15) is 4.88 Å². The van der Waals surface area contributed by atoms with Crippen LogP contribution < -0.4 is 0 Å². The molecule has 1 saturated carbocycles. The molecule has 0 aliphatic heterocycles. The highest BCUT2D eigenvalue weighted by Crippen LogP contribution is 2.44. The monoisotopic (exact) mass is 326 g/mol. The number of nitrogens with zero attached hydrogens (tertiary/aromatic N) is 1. The predicted octanol–water partition coefficient (Wildman–Crippen LogP) is 5.04. The van der Waals surface area contributed by atoms with Crippen LogP contribution in [0.3, 0.4) is 0 Å². The van der Waals surface area contributed by atoms with Gasteiger partial charge in [-0.1, -0.05) is 25.3 Å². The fourth-order valence-electron chi connectivity index (χ4n) is 3.60. The van der Waals surface area contributed by atoms with Gasteiger partial charge in [0, 0.05) is 11.8 Å². The van der Waals surface area contributed by atoms with E-state index in [-0.39, 0.29) is 0 Å². The Hall–Kier alpha value is -2.14. The van der Waals surface area contributed by atoms with Crippen molar-refractivity contribution >= 4 is 27.5 Å². The van der Waals surface area contributed by atoms with Gasteiger partial charge in [0.25, 0.3) is 0 Å². The van der Waals surface area contributed by atoms with E-state index in [4.69, 9.17) is 0 Å². The number of aromatic amines is 1. The number of nitrogens with one attached hydrogen (secondary N) is 1. The minimum atomic E-state index is -0.853. The van der Waals surface area contributed by atoms with Crippen LogP contribution in [0.1, 0.15) is 53.3 Å². The first kappa shape index (κ1) is 14.5. The maximum Gasteiger partial charge on any atom is 0.345 e. The first-order valence-electron chi connectivity index (χ1n) is 8.04. The highest BCUT2D eigenvalue weighted by Gasteiger charge is 2.26. The topological polar surface area (TPSA) is 66.0 Å². The minimum absolute atomic E-state index is 0.399. The average molecular weight is 326 g/mol. The number of H-pyrrole nitrogens is 1. The SMILES string of the molecule is O=C(O)c1cc2[nH]c(-c3ccccn3)c(C3CCCCC3)c2s1.